The standard InChI is InChI=1S/C14H20N2O/c1-11-9-16(12(2)8-14(11)15-17)10-13-6-4-3-5-7-13/h3-7,11-12,17H,8-10H2,1-2H3. The Morgan fingerprint density at radius 2 is 2.00 bits per heavy atom. The third kappa shape index (κ3) is 2.86. The molecule has 1 aliphatic heterocycles. The summed E-state index contributed by atoms with van der Waals surface area (Å²) < 4.78 is 0. The number of hydrogen-bond acceptors (Lipinski definition) is 3. The number of rotatable bonds is 2. The van der Waals surface area contributed by atoms with Crippen LogP contribution in [0.5, 0.6) is 0 Å². The van der Waals surface area contributed by atoms with Gasteiger partial charge in [-0.2, -0.15) is 0 Å². The van der Waals surface area contributed by atoms with Crippen molar-refractivity contribution in [3.63, 3.8) is 0 Å². The lowest BCUT2D eigenvalue weighted by Crippen LogP contribution is -2.44. The minimum Gasteiger partial charge on any atom is -0.411 e. The van der Waals surface area contributed by atoms with Gasteiger partial charge in [0.2, 0.25) is 0 Å². The van der Waals surface area contributed by atoms with Crippen LogP contribution in [0.2, 0.25) is 0 Å². The van der Waals surface area contributed by atoms with Gasteiger partial charge in [-0.1, -0.05) is 42.4 Å². The summed E-state index contributed by atoms with van der Waals surface area (Å²) in [5, 5.41) is 12.3. The van der Waals surface area contributed by atoms with Crippen LogP contribution < -0.4 is 0 Å². The highest BCUT2D eigenvalue weighted by atomic mass is 16.4. The van der Waals surface area contributed by atoms with Crippen molar-refractivity contribution in [3.8, 4) is 0 Å². The van der Waals surface area contributed by atoms with Crippen LogP contribution in [0.1, 0.15) is 25.8 Å². The van der Waals surface area contributed by atoms with E-state index in [9.17, 15) is 0 Å². The Morgan fingerprint density at radius 1 is 1.29 bits per heavy atom. The Balaban J connectivity index is 2.03. The Morgan fingerprint density at radius 3 is 2.65 bits per heavy atom. The topological polar surface area (TPSA) is 35.8 Å². The molecule has 1 fully saturated rings. The highest BCUT2D eigenvalue weighted by molar-refractivity contribution is 5.87. The fourth-order valence-electron chi connectivity index (χ4n) is 2.45. The van der Waals surface area contributed by atoms with Crippen molar-refractivity contribution < 1.29 is 5.21 Å². The molecule has 1 aliphatic rings. The second kappa shape index (κ2) is 5.32. The van der Waals surface area contributed by atoms with Crippen LogP contribution in [0.15, 0.2) is 35.5 Å². The normalized spacial score (nSPS) is 28.5. The van der Waals surface area contributed by atoms with Gasteiger partial charge in [0.25, 0.3) is 0 Å². The molecule has 2 unspecified atom stereocenters. The van der Waals surface area contributed by atoms with E-state index >= 15 is 0 Å². The molecule has 1 N–H and O–H groups in total. The zero-order chi connectivity index (χ0) is 12.3. The molecule has 0 saturated carbocycles. The Hall–Kier alpha value is -1.35. The molecule has 0 radical (unpaired) electrons. The number of piperidine rings is 1. The quantitative estimate of drug-likeness (QED) is 0.628. The van der Waals surface area contributed by atoms with Crippen LogP contribution in [0.4, 0.5) is 0 Å². The highest BCUT2D eigenvalue weighted by Gasteiger charge is 2.27. The molecular formula is C14H20N2O. The predicted octanol–water partition coefficient (Wildman–Crippen LogP) is 2.75. The maximum absolute atomic E-state index is 8.92. The Labute approximate surface area is 103 Å². The van der Waals surface area contributed by atoms with E-state index in [0.717, 1.165) is 25.2 Å². The second-order valence-electron chi connectivity index (χ2n) is 4.96. The number of nitrogens with zero attached hydrogens (tertiary/aromatic N) is 2. The smallest absolute Gasteiger partial charge is 0.0627 e. The maximum atomic E-state index is 8.92. The minimum atomic E-state index is 0.347. The van der Waals surface area contributed by atoms with Crippen LogP contribution in [0, 0.1) is 5.92 Å². The monoisotopic (exact) mass is 232 g/mol. The van der Waals surface area contributed by atoms with Crippen LogP contribution in [0.3, 0.4) is 0 Å². The summed E-state index contributed by atoms with van der Waals surface area (Å²) in [6, 6.07) is 11.0. The van der Waals surface area contributed by atoms with Crippen LogP contribution in [-0.4, -0.2) is 28.4 Å². The number of likely N-dealkylation sites (tertiary alicyclic amines) is 1. The van der Waals surface area contributed by atoms with Gasteiger partial charge in [0.1, 0.15) is 0 Å². The van der Waals surface area contributed by atoms with Crippen molar-refractivity contribution in [3.05, 3.63) is 35.9 Å². The van der Waals surface area contributed by atoms with E-state index in [0.29, 0.717) is 12.0 Å². The van der Waals surface area contributed by atoms with Crippen LogP contribution in [0.25, 0.3) is 0 Å². The SMILES string of the molecule is CC1CN(Cc2ccccc2)C(C)CC1=NO. The van der Waals surface area contributed by atoms with E-state index in [1.54, 1.807) is 0 Å². The summed E-state index contributed by atoms with van der Waals surface area (Å²) >= 11 is 0. The van der Waals surface area contributed by atoms with Crippen molar-refractivity contribution in [1.82, 2.24) is 4.90 Å². The van der Waals surface area contributed by atoms with Crippen molar-refractivity contribution >= 4 is 5.71 Å². The molecule has 1 saturated heterocycles. The van der Waals surface area contributed by atoms with E-state index in [2.05, 4.69) is 48.2 Å². The average molecular weight is 232 g/mol. The van der Waals surface area contributed by atoms with Gasteiger partial charge in [0.15, 0.2) is 0 Å². The van der Waals surface area contributed by atoms with Crippen molar-refractivity contribution in [1.29, 1.82) is 0 Å². The number of oxime groups is 1. The van der Waals surface area contributed by atoms with Gasteiger partial charge >= 0.3 is 0 Å². The Bertz CT molecular complexity index is 388. The largest absolute Gasteiger partial charge is 0.411 e. The summed E-state index contributed by atoms with van der Waals surface area (Å²) in [5.41, 5.74) is 2.28. The third-order valence-electron chi connectivity index (χ3n) is 3.56. The Kier molecular flexibility index (Phi) is 3.79. The van der Waals surface area contributed by atoms with Gasteiger partial charge in [-0.25, -0.2) is 0 Å². The van der Waals surface area contributed by atoms with Gasteiger partial charge in [-0.15, -0.1) is 0 Å². The molecule has 0 aliphatic carbocycles. The molecule has 2 atom stereocenters. The summed E-state index contributed by atoms with van der Waals surface area (Å²) in [7, 11) is 0. The van der Waals surface area contributed by atoms with E-state index in [1.807, 2.05) is 6.07 Å². The molecule has 0 aromatic heterocycles. The fraction of sp³-hybridized carbons (Fsp3) is 0.500. The fourth-order valence-corrected chi connectivity index (χ4v) is 2.45. The van der Waals surface area contributed by atoms with Gasteiger partial charge in [0.05, 0.1) is 5.71 Å². The molecular weight excluding hydrogens is 212 g/mol. The van der Waals surface area contributed by atoms with E-state index in [-0.39, 0.29) is 0 Å². The lowest BCUT2D eigenvalue weighted by atomic mass is 9.92. The summed E-state index contributed by atoms with van der Waals surface area (Å²) in [5.74, 6) is 0.347. The van der Waals surface area contributed by atoms with Crippen LogP contribution >= 0.6 is 0 Å². The molecule has 2 rings (SSSR count). The predicted molar refractivity (Wildman–Crippen MR) is 69.3 cm³/mol. The first-order valence-corrected chi connectivity index (χ1v) is 6.19. The molecule has 0 spiro atoms. The summed E-state index contributed by atoms with van der Waals surface area (Å²) in [6.07, 6.45) is 0.866. The third-order valence-corrected chi connectivity index (χ3v) is 3.56. The molecule has 0 bridgehead atoms. The molecule has 1 aromatic rings. The van der Waals surface area contributed by atoms with Crippen molar-refractivity contribution in [2.45, 2.75) is 32.9 Å². The second-order valence-corrected chi connectivity index (χ2v) is 4.96. The maximum Gasteiger partial charge on any atom is 0.0627 e. The van der Waals surface area contributed by atoms with Crippen molar-refractivity contribution in [2.24, 2.45) is 11.1 Å². The molecule has 1 heterocycles. The lowest BCUT2D eigenvalue weighted by molar-refractivity contribution is 0.168. The minimum absolute atomic E-state index is 0.347. The van der Waals surface area contributed by atoms with Gasteiger partial charge < -0.3 is 5.21 Å². The zero-order valence-corrected chi connectivity index (χ0v) is 10.5. The first-order chi connectivity index (χ1) is 8.20. The average Bonchev–Trinajstić information content (AvgIpc) is 2.34. The van der Waals surface area contributed by atoms with Crippen LogP contribution in [-0.2, 0) is 6.54 Å². The van der Waals surface area contributed by atoms with Crippen molar-refractivity contribution in [2.75, 3.05) is 6.54 Å². The van der Waals surface area contributed by atoms with E-state index in [1.165, 1.54) is 5.56 Å². The first kappa shape index (κ1) is 12.1. The lowest BCUT2D eigenvalue weighted by Gasteiger charge is -2.37. The van der Waals surface area contributed by atoms with Gasteiger partial charge in [-0.3, -0.25) is 4.90 Å². The summed E-state index contributed by atoms with van der Waals surface area (Å²) in [6.45, 7) is 6.26. The van der Waals surface area contributed by atoms with E-state index < -0.39 is 0 Å². The van der Waals surface area contributed by atoms with Gasteiger partial charge in [0, 0.05) is 31.5 Å². The number of hydrogen-bond donors (Lipinski definition) is 1. The molecule has 0 amide bonds. The molecule has 92 valence electrons. The zero-order valence-electron chi connectivity index (χ0n) is 10.5. The van der Waals surface area contributed by atoms with Gasteiger partial charge in [-0.05, 0) is 12.5 Å². The molecule has 3 nitrogen and oxygen atoms in total. The summed E-state index contributed by atoms with van der Waals surface area (Å²) in [4.78, 5) is 2.45. The molecule has 1 aromatic carbocycles. The number of benzene rings is 1. The first-order valence-electron chi connectivity index (χ1n) is 6.19. The van der Waals surface area contributed by atoms with E-state index in [4.69, 9.17) is 5.21 Å². The molecule has 3 heteroatoms. The highest BCUT2D eigenvalue weighted by Crippen LogP contribution is 2.21. The molecule has 17 heavy (non-hydrogen) atoms.